The number of fused-ring (bicyclic) bond motifs is 1. The summed E-state index contributed by atoms with van der Waals surface area (Å²) < 4.78 is 1.14. The van der Waals surface area contributed by atoms with Crippen molar-refractivity contribution in [3.8, 4) is 0 Å². The third kappa shape index (κ3) is 4.37. The van der Waals surface area contributed by atoms with Gasteiger partial charge in [-0.2, -0.15) is 11.8 Å². The van der Waals surface area contributed by atoms with Gasteiger partial charge in [-0.1, -0.05) is 0 Å². The Balaban J connectivity index is 1.97. The van der Waals surface area contributed by atoms with Crippen LogP contribution in [0, 0.1) is 0 Å². The van der Waals surface area contributed by atoms with E-state index in [2.05, 4.69) is 10.6 Å². The van der Waals surface area contributed by atoms with Gasteiger partial charge < -0.3 is 15.7 Å². The predicted octanol–water partition coefficient (Wildman–Crippen LogP) is 3.23. The number of nitrogens with one attached hydrogen (secondary N) is 2. The number of carbonyl (C=O) groups excluding carboxylic acids is 1. The molecule has 0 saturated heterocycles. The van der Waals surface area contributed by atoms with Gasteiger partial charge in [0.25, 0.3) is 0 Å². The molecule has 0 fully saturated rings. The highest BCUT2D eigenvalue weighted by atomic mass is 32.2. The molecule has 0 aliphatic rings. The van der Waals surface area contributed by atoms with Crippen LogP contribution in [0.4, 0.5) is 10.5 Å². The molecule has 1 aromatic carbocycles. The van der Waals surface area contributed by atoms with Crippen LogP contribution >= 0.6 is 23.1 Å². The van der Waals surface area contributed by atoms with Gasteiger partial charge in [0, 0.05) is 10.4 Å². The molecule has 7 heteroatoms. The number of carbonyl (C=O) groups is 2. The first kappa shape index (κ1) is 15.7. The molecule has 0 radical (unpaired) electrons. The summed E-state index contributed by atoms with van der Waals surface area (Å²) in [5, 5.41) is 17.3. The third-order valence-electron chi connectivity index (χ3n) is 2.92. The number of hydrogen-bond donors (Lipinski definition) is 3. The Hall–Kier alpha value is -1.73. The second-order valence-corrected chi connectivity index (χ2v) is 6.38. The third-order valence-corrected chi connectivity index (χ3v) is 4.47. The Morgan fingerprint density at radius 3 is 2.90 bits per heavy atom. The number of thioether (sulfide) groups is 1. The molecule has 21 heavy (non-hydrogen) atoms. The summed E-state index contributed by atoms with van der Waals surface area (Å²) in [5.41, 5.74) is 0.646. The zero-order chi connectivity index (χ0) is 15.2. The molecule has 1 aromatic heterocycles. The summed E-state index contributed by atoms with van der Waals surface area (Å²) in [4.78, 5) is 23.0. The summed E-state index contributed by atoms with van der Waals surface area (Å²) in [6, 6.07) is 6.19. The minimum absolute atomic E-state index is 0.396. The molecular formula is C14H16N2O3S2. The van der Waals surface area contributed by atoms with Crippen LogP contribution < -0.4 is 10.6 Å². The lowest BCUT2D eigenvalue weighted by Crippen LogP contribution is -2.43. The molecular weight excluding hydrogens is 308 g/mol. The normalized spacial score (nSPS) is 12.0. The van der Waals surface area contributed by atoms with Gasteiger partial charge in [-0.15, -0.1) is 11.3 Å². The first-order valence-electron chi connectivity index (χ1n) is 6.36. The van der Waals surface area contributed by atoms with Gasteiger partial charge in [-0.3, -0.25) is 0 Å². The smallest absolute Gasteiger partial charge is 0.326 e. The highest BCUT2D eigenvalue weighted by molar-refractivity contribution is 7.98. The fourth-order valence-corrected chi connectivity index (χ4v) is 3.11. The van der Waals surface area contributed by atoms with Crippen LogP contribution in [0.1, 0.15) is 6.42 Å². The van der Waals surface area contributed by atoms with Crippen molar-refractivity contribution in [2.45, 2.75) is 12.5 Å². The second kappa shape index (κ2) is 7.33. The first-order chi connectivity index (χ1) is 10.1. The lowest BCUT2D eigenvalue weighted by atomic mass is 10.2. The minimum Gasteiger partial charge on any atom is -0.480 e. The second-order valence-electron chi connectivity index (χ2n) is 4.44. The van der Waals surface area contributed by atoms with Crippen molar-refractivity contribution in [1.82, 2.24) is 5.32 Å². The zero-order valence-corrected chi connectivity index (χ0v) is 13.1. The molecule has 2 rings (SSSR count). The zero-order valence-electron chi connectivity index (χ0n) is 11.5. The maximum Gasteiger partial charge on any atom is 0.326 e. The van der Waals surface area contributed by atoms with E-state index in [1.54, 1.807) is 29.2 Å². The fraction of sp³-hybridized carbons (Fsp3) is 0.286. The van der Waals surface area contributed by atoms with Crippen LogP contribution in [0.3, 0.4) is 0 Å². The molecule has 5 nitrogen and oxygen atoms in total. The monoisotopic (exact) mass is 324 g/mol. The van der Waals surface area contributed by atoms with Crippen molar-refractivity contribution in [3.63, 3.8) is 0 Å². The Morgan fingerprint density at radius 2 is 2.19 bits per heavy atom. The SMILES string of the molecule is CSCCC(NC(=O)Nc1ccc2sccc2c1)C(=O)O. The van der Waals surface area contributed by atoms with E-state index in [9.17, 15) is 9.59 Å². The summed E-state index contributed by atoms with van der Waals surface area (Å²) in [6.07, 6.45) is 2.29. The Kier molecular flexibility index (Phi) is 5.46. The molecule has 0 aliphatic carbocycles. The first-order valence-corrected chi connectivity index (χ1v) is 8.64. The minimum atomic E-state index is -1.02. The molecule has 1 atom stereocenters. The number of carboxylic acids is 1. The molecule has 0 spiro atoms. The van der Waals surface area contributed by atoms with E-state index in [1.165, 1.54) is 0 Å². The van der Waals surface area contributed by atoms with Crippen molar-refractivity contribution >= 4 is 50.9 Å². The van der Waals surface area contributed by atoms with Crippen molar-refractivity contribution in [3.05, 3.63) is 29.6 Å². The van der Waals surface area contributed by atoms with E-state index in [0.717, 1.165) is 10.1 Å². The van der Waals surface area contributed by atoms with E-state index in [1.807, 2.05) is 29.8 Å². The number of benzene rings is 1. The summed E-state index contributed by atoms with van der Waals surface area (Å²) >= 11 is 3.18. The number of amides is 2. The Labute approximate surface area is 130 Å². The number of carboxylic acid groups (broad SMARTS) is 1. The van der Waals surface area contributed by atoms with Crippen molar-refractivity contribution < 1.29 is 14.7 Å². The largest absolute Gasteiger partial charge is 0.480 e. The van der Waals surface area contributed by atoms with Gasteiger partial charge in [0.1, 0.15) is 6.04 Å². The maximum absolute atomic E-state index is 11.9. The molecule has 112 valence electrons. The maximum atomic E-state index is 11.9. The van der Waals surface area contributed by atoms with E-state index in [4.69, 9.17) is 5.11 Å². The topological polar surface area (TPSA) is 78.4 Å². The molecule has 2 amide bonds. The molecule has 1 heterocycles. The number of thiophene rings is 1. The summed E-state index contributed by atoms with van der Waals surface area (Å²) in [5.74, 6) is -0.342. The molecule has 0 saturated carbocycles. The molecule has 0 bridgehead atoms. The van der Waals surface area contributed by atoms with E-state index < -0.39 is 18.0 Å². The molecule has 3 N–H and O–H groups in total. The van der Waals surface area contributed by atoms with Crippen molar-refractivity contribution in [2.24, 2.45) is 0 Å². The number of urea groups is 1. The van der Waals surface area contributed by atoms with Gasteiger partial charge in [-0.05, 0) is 53.5 Å². The van der Waals surface area contributed by atoms with Crippen LogP contribution in [0.2, 0.25) is 0 Å². The summed E-state index contributed by atoms with van der Waals surface area (Å²) in [6.45, 7) is 0. The molecule has 1 unspecified atom stereocenters. The standard InChI is InChI=1S/C14H16N2O3S2/c1-20-6-5-11(13(17)18)16-14(19)15-10-2-3-12-9(8-10)4-7-21-12/h2-4,7-8,11H,5-6H2,1H3,(H,17,18)(H2,15,16,19). The van der Waals surface area contributed by atoms with E-state index >= 15 is 0 Å². The van der Waals surface area contributed by atoms with Crippen molar-refractivity contribution in [2.75, 3.05) is 17.3 Å². The van der Waals surface area contributed by atoms with Gasteiger partial charge in [-0.25, -0.2) is 9.59 Å². The Bertz CT molecular complexity index is 642. The summed E-state index contributed by atoms with van der Waals surface area (Å²) in [7, 11) is 0. The van der Waals surface area contributed by atoms with Gasteiger partial charge >= 0.3 is 12.0 Å². The van der Waals surface area contributed by atoms with Gasteiger partial charge in [0.2, 0.25) is 0 Å². The lowest BCUT2D eigenvalue weighted by Gasteiger charge is -2.14. The lowest BCUT2D eigenvalue weighted by molar-refractivity contribution is -0.139. The van der Waals surface area contributed by atoms with E-state index in [0.29, 0.717) is 17.9 Å². The predicted molar refractivity (Wildman–Crippen MR) is 88.4 cm³/mol. The number of aliphatic carboxylic acids is 1. The quantitative estimate of drug-likeness (QED) is 0.762. The van der Waals surface area contributed by atoms with Crippen LogP contribution in [0.25, 0.3) is 10.1 Å². The highest BCUT2D eigenvalue weighted by Gasteiger charge is 2.19. The van der Waals surface area contributed by atoms with Gasteiger partial charge in [0.05, 0.1) is 0 Å². The van der Waals surface area contributed by atoms with Crippen LogP contribution in [0.5, 0.6) is 0 Å². The van der Waals surface area contributed by atoms with E-state index in [-0.39, 0.29) is 0 Å². The van der Waals surface area contributed by atoms with Crippen LogP contribution in [-0.2, 0) is 4.79 Å². The van der Waals surface area contributed by atoms with Gasteiger partial charge in [0.15, 0.2) is 0 Å². The number of anilines is 1. The Morgan fingerprint density at radius 1 is 1.38 bits per heavy atom. The van der Waals surface area contributed by atoms with Crippen molar-refractivity contribution in [1.29, 1.82) is 0 Å². The number of hydrogen-bond acceptors (Lipinski definition) is 4. The fourth-order valence-electron chi connectivity index (χ4n) is 1.86. The molecule has 2 aromatic rings. The van der Waals surface area contributed by atoms with Crippen LogP contribution in [0.15, 0.2) is 29.6 Å². The molecule has 0 aliphatic heterocycles. The number of rotatable bonds is 6. The highest BCUT2D eigenvalue weighted by Crippen LogP contribution is 2.23. The average molecular weight is 324 g/mol. The average Bonchev–Trinajstić information content (AvgIpc) is 2.90. The van der Waals surface area contributed by atoms with Crippen LogP contribution in [-0.4, -0.2) is 35.2 Å².